The molecule has 6 nitrogen and oxygen atoms in total. The maximum absolute atomic E-state index is 8.52. The largest absolute Gasteiger partial charge is 2.00 e. The van der Waals surface area contributed by atoms with E-state index in [-0.39, 0.29) is 66.9 Å². The molecular formula is H4N2O4Pb2S. The van der Waals surface area contributed by atoms with Gasteiger partial charge in [-0.1, -0.05) is 0 Å². The van der Waals surface area contributed by atoms with Crippen LogP contribution in [0.1, 0.15) is 0 Å². The third-order valence-electron chi connectivity index (χ3n) is 0. The second kappa shape index (κ2) is 12.3. The van der Waals surface area contributed by atoms with Crippen molar-refractivity contribution in [3.05, 3.63) is 12.3 Å². The van der Waals surface area contributed by atoms with E-state index in [1.54, 1.807) is 0 Å². The number of rotatable bonds is 0. The van der Waals surface area contributed by atoms with Crippen LogP contribution in [0.15, 0.2) is 0 Å². The van der Waals surface area contributed by atoms with E-state index in [4.69, 9.17) is 17.5 Å². The molecule has 0 bridgehead atoms. The molecule has 0 atom stereocenters. The van der Waals surface area contributed by atoms with Crippen LogP contribution in [0.3, 0.4) is 0 Å². The van der Waals surface area contributed by atoms with Gasteiger partial charge in [0.1, 0.15) is 0 Å². The van der Waals surface area contributed by atoms with Crippen molar-refractivity contribution in [3.8, 4) is 0 Å². The van der Waals surface area contributed by atoms with Gasteiger partial charge in [0, 0.05) is 10.4 Å². The number of hydrogen-bond acceptors (Lipinski definition) is 4. The summed E-state index contributed by atoms with van der Waals surface area (Å²) in [4.78, 5) is 0. The van der Waals surface area contributed by atoms with Crippen LogP contribution >= 0.6 is 0 Å². The molecule has 0 aromatic carbocycles. The first-order valence-corrected chi connectivity index (χ1v) is 2.00. The molecule has 0 aliphatic carbocycles. The van der Waals surface area contributed by atoms with Crippen molar-refractivity contribution < 1.29 is 17.5 Å². The van der Waals surface area contributed by atoms with Gasteiger partial charge in [0.15, 0.2) is 0 Å². The zero-order valence-electron chi connectivity index (χ0n) is 4.20. The summed E-state index contributed by atoms with van der Waals surface area (Å²) in [7, 11) is -5.17. The molecule has 0 amide bonds. The molecule has 0 saturated heterocycles. The van der Waals surface area contributed by atoms with Crippen molar-refractivity contribution >= 4 is 65.0 Å². The van der Waals surface area contributed by atoms with E-state index in [1.165, 1.54) is 0 Å². The van der Waals surface area contributed by atoms with Crippen molar-refractivity contribution in [2.75, 3.05) is 0 Å². The van der Waals surface area contributed by atoms with E-state index >= 15 is 0 Å². The van der Waals surface area contributed by atoms with Gasteiger partial charge in [-0.25, -0.2) is 0 Å². The Labute approximate surface area is 93.8 Å². The van der Waals surface area contributed by atoms with Crippen LogP contribution in [-0.2, 0) is 10.4 Å². The standard InChI is InChI=1S/2H2N.H2O4S.2Pb/c;;1-5(2,3)4;;/h2*1H2;(H2,1,2,3,4);;/q2*-1;;2*+2/p-2. The maximum Gasteiger partial charge on any atom is 2.00 e. The molecule has 0 aliphatic heterocycles. The molecule has 0 unspecified atom stereocenters. The third-order valence-corrected chi connectivity index (χ3v) is 0. The van der Waals surface area contributed by atoms with E-state index < -0.39 is 10.4 Å². The summed E-state index contributed by atoms with van der Waals surface area (Å²) >= 11 is 0. The van der Waals surface area contributed by atoms with E-state index in [1.807, 2.05) is 0 Å². The predicted molar refractivity (Wildman–Crippen MR) is 32.6 cm³/mol. The molecule has 4 N–H and O–H groups in total. The van der Waals surface area contributed by atoms with Crippen LogP contribution in [0.2, 0.25) is 0 Å². The summed E-state index contributed by atoms with van der Waals surface area (Å²) in [6.45, 7) is 0. The summed E-state index contributed by atoms with van der Waals surface area (Å²) < 4.78 is 34.1. The Morgan fingerprint density at radius 1 is 0.889 bits per heavy atom. The predicted octanol–water partition coefficient (Wildman–Crippen LogP) is -0.665. The van der Waals surface area contributed by atoms with Crippen molar-refractivity contribution in [2.24, 2.45) is 0 Å². The molecule has 0 heterocycles. The van der Waals surface area contributed by atoms with Gasteiger partial charge in [0.05, 0.1) is 0 Å². The van der Waals surface area contributed by atoms with Crippen molar-refractivity contribution in [1.29, 1.82) is 0 Å². The summed E-state index contributed by atoms with van der Waals surface area (Å²) in [6, 6.07) is 0. The molecule has 0 aromatic rings. The van der Waals surface area contributed by atoms with Crippen molar-refractivity contribution in [2.45, 2.75) is 0 Å². The fourth-order valence-corrected chi connectivity index (χ4v) is 0. The molecule has 9 heavy (non-hydrogen) atoms. The van der Waals surface area contributed by atoms with Crippen molar-refractivity contribution in [3.63, 3.8) is 0 Å². The Kier molecular flexibility index (Phi) is 42.6. The van der Waals surface area contributed by atoms with Gasteiger partial charge >= 0.3 is 54.6 Å². The molecule has 9 heteroatoms. The van der Waals surface area contributed by atoms with E-state index in [2.05, 4.69) is 0 Å². The van der Waals surface area contributed by atoms with Crippen LogP contribution in [0.5, 0.6) is 0 Å². The van der Waals surface area contributed by atoms with Gasteiger partial charge in [-0.15, -0.1) is 0 Å². The fourth-order valence-electron chi connectivity index (χ4n) is 0. The Morgan fingerprint density at radius 3 is 0.889 bits per heavy atom. The molecular weight excluding hydrogens is 538 g/mol. The summed E-state index contributed by atoms with van der Waals surface area (Å²) in [5.41, 5.74) is 0. The molecule has 0 aliphatic rings. The van der Waals surface area contributed by atoms with Crippen LogP contribution in [0.25, 0.3) is 12.3 Å². The van der Waals surface area contributed by atoms with Crippen LogP contribution < -0.4 is 0 Å². The first kappa shape index (κ1) is 31.1. The van der Waals surface area contributed by atoms with Gasteiger partial charge in [0.25, 0.3) is 0 Å². The minimum Gasteiger partial charge on any atom is -0.759 e. The third kappa shape index (κ3) is 210. The van der Waals surface area contributed by atoms with Gasteiger partial charge in [-0.2, -0.15) is 0 Å². The first-order chi connectivity index (χ1) is 2.00. The molecule has 4 radical (unpaired) electrons. The zero-order valence-corrected chi connectivity index (χ0v) is 12.8. The van der Waals surface area contributed by atoms with Crippen LogP contribution in [0.4, 0.5) is 0 Å². The molecule has 0 fully saturated rings. The maximum atomic E-state index is 8.52. The summed E-state index contributed by atoms with van der Waals surface area (Å²) in [6.07, 6.45) is 0. The molecule has 0 saturated carbocycles. The topological polar surface area (TPSA) is 147 Å². The number of nitrogens with two attached hydrogens (primary N) is 2. The average molecular weight is 543 g/mol. The molecule has 0 aromatic heterocycles. The zero-order chi connectivity index (χ0) is 4.50. The Balaban J connectivity index is -0.0000000133. The van der Waals surface area contributed by atoms with Crippen molar-refractivity contribution in [1.82, 2.24) is 0 Å². The minimum absolute atomic E-state index is 0. The Morgan fingerprint density at radius 2 is 0.889 bits per heavy atom. The Bertz CT molecular complexity index is 99.7. The average Bonchev–Trinajstić information content (AvgIpc) is 0.722. The minimum atomic E-state index is -5.17. The van der Waals surface area contributed by atoms with Gasteiger partial charge < -0.3 is 21.4 Å². The molecule has 0 rings (SSSR count). The van der Waals surface area contributed by atoms with Gasteiger partial charge in [0.2, 0.25) is 0 Å². The van der Waals surface area contributed by atoms with E-state index in [0.717, 1.165) is 0 Å². The fraction of sp³-hybridized carbons (Fsp3) is 0. The summed E-state index contributed by atoms with van der Waals surface area (Å²) in [5.74, 6) is 0. The second-order valence-electron chi connectivity index (χ2n) is 0.408. The molecule has 0 spiro atoms. The smallest absolute Gasteiger partial charge is 0.759 e. The van der Waals surface area contributed by atoms with Gasteiger partial charge in [-0.3, -0.25) is 8.42 Å². The van der Waals surface area contributed by atoms with Crippen LogP contribution in [-0.4, -0.2) is 72.1 Å². The second-order valence-corrected chi connectivity index (χ2v) is 1.22. The number of hydrogen-bond donors (Lipinski definition) is 0. The normalized spacial score (nSPS) is 6.44. The van der Waals surface area contributed by atoms with E-state index in [0.29, 0.717) is 0 Å². The molecule has 52 valence electrons. The van der Waals surface area contributed by atoms with Gasteiger partial charge in [-0.05, 0) is 0 Å². The quantitative estimate of drug-likeness (QED) is 0.227. The Hall–Kier alpha value is 1.63. The SMILES string of the molecule is O=S(=O)([O-])[O-].[NH2-].[NH2-].[Pb+2].[Pb+2]. The first-order valence-electron chi connectivity index (χ1n) is 0.667. The monoisotopic (exact) mass is 544 g/mol. The van der Waals surface area contributed by atoms with E-state index in [9.17, 15) is 0 Å². The van der Waals surface area contributed by atoms with Crippen LogP contribution in [0, 0.1) is 0 Å². The summed E-state index contributed by atoms with van der Waals surface area (Å²) in [5, 5.41) is 0.